The largest absolute Gasteiger partial charge is 0.313 e. The Hall–Kier alpha value is -7.42. The molecule has 0 aliphatic heterocycles. The van der Waals surface area contributed by atoms with Crippen molar-refractivity contribution in [3.63, 3.8) is 0 Å². The molecule has 0 amide bonds. The Morgan fingerprint density at radius 2 is 1.17 bits per heavy atom. The van der Waals surface area contributed by atoms with Gasteiger partial charge in [0.25, 0.3) is 0 Å². The summed E-state index contributed by atoms with van der Waals surface area (Å²) in [4.78, 5) is 0. The molecule has 2 heterocycles. The summed E-state index contributed by atoms with van der Waals surface area (Å²) in [5.41, 5.74) is 20.2. The van der Waals surface area contributed by atoms with Crippen LogP contribution in [0, 0.1) is 29.6 Å². The normalized spacial score (nSPS) is 25.4. The summed E-state index contributed by atoms with van der Waals surface area (Å²) in [5, 5.41) is 8.16. The molecule has 0 radical (unpaired) electrons. The van der Waals surface area contributed by atoms with Gasteiger partial charge in [0.2, 0.25) is 0 Å². The van der Waals surface area contributed by atoms with E-state index in [1.165, 1.54) is 93.3 Å². The highest BCUT2D eigenvalue weighted by atomic mass is 15.0. The molecule has 70 heavy (non-hydrogen) atoms. The van der Waals surface area contributed by atoms with Crippen molar-refractivity contribution in [2.45, 2.75) is 57.3 Å². The highest BCUT2D eigenvalue weighted by Crippen LogP contribution is 2.58. The molecule has 0 fully saturated rings. The molecule has 0 N–H and O–H groups in total. The predicted octanol–water partition coefficient (Wildman–Crippen LogP) is 15.6. The summed E-state index contributed by atoms with van der Waals surface area (Å²) in [5.74, 6) is 2.22. The van der Waals surface area contributed by atoms with E-state index in [9.17, 15) is 0 Å². The third-order valence-electron chi connectivity index (χ3n) is 17.6. The number of aromatic nitrogens is 2. The number of hydrogen-bond acceptors (Lipinski definition) is 0. The van der Waals surface area contributed by atoms with Gasteiger partial charge in [-0.2, -0.15) is 0 Å². The summed E-state index contributed by atoms with van der Waals surface area (Å²) < 4.78 is 5.20. The second-order valence-corrected chi connectivity index (χ2v) is 21.1. The first-order valence-electron chi connectivity index (χ1n) is 26.2. The van der Waals surface area contributed by atoms with Crippen LogP contribution in [0.1, 0.15) is 68.4 Å². The number of benzene rings is 5. The van der Waals surface area contributed by atoms with Gasteiger partial charge in [0.05, 0.1) is 22.1 Å². The summed E-state index contributed by atoms with van der Waals surface area (Å²) in [6, 6.07) is 41.2. The SMILES string of the molecule is C1=CCC(C2=C3C=C(n4c5ccccc5c5ccccc54)CCC3C(C3=CCC(C4=C5C=Cc6cc7c(cc6C5CC=C4)=CCCC=7)C=C3)C3CC(n4c5ccccc5c5ccccc54)=CC=C23)C=C1. The highest BCUT2D eigenvalue weighted by molar-refractivity contribution is 6.11. The van der Waals surface area contributed by atoms with Gasteiger partial charge >= 0.3 is 0 Å². The summed E-state index contributed by atoms with van der Waals surface area (Å²) in [7, 11) is 0. The van der Waals surface area contributed by atoms with E-state index >= 15 is 0 Å². The van der Waals surface area contributed by atoms with Crippen LogP contribution in [0.25, 0.3) is 73.2 Å². The standard InChI is InChI=1S/C68H56N2/c1-2-15-44(16-3-1)67-58-37-34-50(70-65-27-12-8-21-56(65)57-22-9-13-28-66(57)70)42-62(58)68(59-38-35-49(41-61(59)67)69-63-25-10-6-19-54(63)55-20-7-11-26-64(55)69)45-31-29-43(30-32-45)51-23-14-24-52-53(51)36-33-48-39-46-17-4-5-18-47(46)40-60(48)52/h1-3,6-15,17-23,25-29,31-34,36-37,39-41,43-44,52,59,62,68H,4-5,16,24,30,35,38,42H2. The van der Waals surface area contributed by atoms with Gasteiger partial charge in [0.15, 0.2) is 0 Å². The lowest BCUT2D eigenvalue weighted by Gasteiger charge is -2.48. The van der Waals surface area contributed by atoms with E-state index in [-0.39, 0.29) is 0 Å². The molecule has 6 atom stereocenters. The van der Waals surface area contributed by atoms with Gasteiger partial charge in [-0.1, -0.05) is 164 Å². The predicted molar refractivity (Wildman–Crippen MR) is 295 cm³/mol. The minimum atomic E-state index is 0.337. The zero-order chi connectivity index (χ0) is 45.9. The molecule has 15 rings (SSSR count). The van der Waals surface area contributed by atoms with Crippen LogP contribution < -0.4 is 10.4 Å². The first-order chi connectivity index (χ1) is 34.7. The minimum absolute atomic E-state index is 0.337. The quantitative estimate of drug-likeness (QED) is 0.163. The van der Waals surface area contributed by atoms with Crippen molar-refractivity contribution < 1.29 is 0 Å². The number of rotatable bonds is 5. The van der Waals surface area contributed by atoms with Crippen LogP contribution in [0.15, 0.2) is 222 Å². The van der Waals surface area contributed by atoms with Gasteiger partial charge in [-0.05, 0) is 167 Å². The van der Waals surface area contributed by atoms with E-state index in [4.69, 9.17) is 0 Å². The van der Waals surface area contributed by atoms with Crippen LogP contribution in [0.3, 0.4) is 0 Å². The first kappa shape index (κ1) is 40.5. The molecule has 5 aromatic carbocycles. The first-order valence-corrected chi connectivity index (χ1v) is 26.2. The lowest BCUT2D eigenvalue weighted by Crippen LogP contribution is -2.37. The number of hydrogen-bond donors (Lipinski definition) is 0. The molecule has 7 aromatic rings. The third-order valence-corrected chi connectivity index (χ3v) is 17.6. The highest BCUT2D eigenvalue weighted by Gasteiger charge is 2.46. The number of para-hydroxylation sites is 4. The fourth-order valence-electron chi connectivity index (χ4n) is 14.6. The minimum Gasteiger partial charge on any atom is -0.313 e. The van der Waals surface area contributed by atoms with Gasteiger partial charge in [-0.25, -0.2) is 0 Å². The lowest BCUT2D eigenvalue weighted by atomic mass is 9.57. The average Bonchev–Trinajstić information content (AvgIpc) is 3.95. The van der Waals surface area contributed by atoms with Crippen LogP contribution >= 0.6 is 0 Å². The number of nitrogens with zero attached hydrogens (tertiary/aromatic N) is 2. The molecule has 8 aliphatic carbocycles. The van der Waals surface area contributed by atoms with Crippen molar-refractivity contribution in [2.24, 2.45) is 29.6 Å². The third kappa shape index (κ3) is 6.18. The lowest BCUT2D eigenvalue weighted by molar-refractivity contribution is 0.299. The molecule has 0 saturated heterocycles. The average molecular weight is 901 g/mol. The van der Waals surface area contributed by atoms with Gasteiger partial charge in [-0.15, -0.1) is 0 Å². The molecular weight excluding hydrogens is 845 g/mol. The van der Waals surface area contributed by atoms with Gasteiger partial charge in [-0.3, -0.25) is 0 Å². The van der Waals surface area contributed by atoms with Gasteiger partial charge in [0.1, 0.15) is 0 Å². The van der Waals surface area contributed by atoms with E-state index in [1.54, 1.807) is 16.7 Å². The van der Waals surface area contributed by atoms with Crippen LogP contribution in [0.4, 0.5) is 0 Å². The molecular formula is C68H56N2. The monoisotopic (exact) mass is 900 g/mol. The van der Waals surface area contributed by atoms with Crippen LogP contribution in [0.5, 0.6) is 0 Å². The maximum absolute atomic E-state index is 2.69. The van der Waals surface area contributed by atoms with Crippen LogP contribution in [0.2, 0.25) is 0 Å². The maximum Gasteiger partial charge on any atom is 0.0537 e. The van der Waals surface area contributed by atoms with Gasteiger partial charge in [0, 0.05) is 50.7 Å². The zero-order valence-electron chi connectivity index (χ0n) is 39.6. The molecule has 6 unspecified atom stereocenters. The molecule has 2 aromatic heterocycles. The van der Waals surface area contributed by atoms with Crippen molar-refractivity contribution >= 4 is 73.2 Å². The van der Waals surface area contributed by atoms with E-state index in [0.29, 0.717) is 35.5 Å². The van der Waals surface area contributed by atoms with E-state index < -0.39 is 0 Å². The summed E-state index contributed by atoms with van der Waals surface area (Å²) >= 11 is 0. The van der Waals surface area contributed by atoms with Crippen LogP contribution in [-0.4, -0.2) is 9.13 Å². The van der Waals surface area contributed by atoms with Gasteiger partial charge < -0.3 is 9.13 Å². The molecule has 8 aliphatic rings. The smallest absolute Gasteiger partial charge is 0.0537 e. The fraction of sp³-hybridized carbons (Fsp3) is 0.206. The van der Waals surface area contributed by atoms with E-state index in [1.807, 2.05) is 0 Å². The Morgan fingerprint density at radius 3 is 1.83 bits per heavy atom. The maximum atomic E-state index is 2.69. The molecule has 0 spiro atoms. The Bertz CT molecular complexity index is 3810. The van der Waals surface area contributed by atoms with Crippen molar-refractivity contribution in [3.05, 3.63) is 243 Å². The summed E-state index contributed by atoms with van der Waals surface area (Å²) in [6.07, 6.45) is 48.4. The van der Waals surface area contributed by atoms with E-state index in [2.05, 4.69) is 216 Å². The molecule has 338 valence electrons. The molecule has 0 saturated carbocycles. The molecule has 0 bridgehead atoms. The Morgan fingerprint density at radius 1 is 0.500 bits per heavy atom. The number of fused-ring (bicyclic) bond motifs is 12. The Balaban J connectivity index is 0.881. The molecule has 2 nitrogen and oxygen atoms in total. The van der Waals surface area contributed by atoms with Crippen LogP contribution in [-0.2, 0) is 0 Å². The van der Waals surface area contributed by atoms with E-state index in [0.717, 1.165) is 51.4 Å². The van der Waals surface area contributed by atoms with Crippen molar-refractivity contribution in [1.29, 1.82) is 0 Å². The second kappa shape index (κ2) is 16.1. The zero-order valence-corrected chi connectivity index (χ0v) is 39.6. The Kier molecular flexibility index (Phi) is 9.29. The topological polar surface area (TPSA) is 9.86 Å². The Labute approximate surface area is 410 Å². The summed E-state index contributed by atoms with van der Waals surface area (Å²) in [6.45, 7) is 0. The van der Waals surface area contributed by atoms with Crippen molar-refractivity contribution in [2.75, 3.05) is 0 Å². The van der Waals surface area contributed by atoms with Crippen molar-refractivity contribution in [1.82, 2.24) is 9.13 Å². The molecule has 2 heteroatoms. The second-order valence-electron chi connectivity index (χ2n) is 21.1. The number of allylic oxidation sites excluding steroid dienone is 21. The van der Waals surface area contributed by atoms with Crippen molar-refractivity contribution in [3.8, 4) is 0 Å². The fourth-order valence-corrected chi connectivity index (χ4v) is 14.6.